The largest absolute Gasteiger partial charge is 0.494 e. The Labute approximate surface area is 121 Å². The molecule has 110 valence electrons. The third kappa shape index (κ3) is 2.82. The monoisotopic (exact) mass is 275 g/mol. The zero-order chi connectivity index (χ0) is 13.9. The summed E-state index contributed by atoms with van der Waals surface area (Å²) >= 11 is 0. The first-order chi connectivity index (χ1) is 9.78. The van der Waals surface area contributed by atoms with Crippen LogP contribution in [0.1, 0.15) is 24.9 Å². The summed E-state index contributed by atoms with van der Waals surface area (Å²) < 4.78 is 5.63. The summed E-state index contributed by atoms with van der Waals surface area (Å²) in [6.45, 7) is 8.73. The van der Waals surface area contributed by atoms with Crippen molar-refractivity contribution in [1.82, 2.24) is 9.80 Å². The Morgan fingerprint density at radius 2 is 1.90 bits per heavy atom. The molecule has 3 aliphatic heterocycles. The first-order valence-corrected chi connectivity index (χ1v) is 7.72. The molecule has 0 saturated carbocycles. The van der Waals surface area contributed by atoms with Crippen molar-refractivity contribution in [1.29, 1.82) is 0 Å². The second-order valence-electron chi connectivity index (χ2n) is 5.85. The molecule has 3 heterocycles. The third-order valence-corrected chi connectivity index (χ3v) is 4.47. The molecule has 0 radical (unpaired) electrons. The lowest BCUT2D eigenvalue weighted by Crippen LogP contribution is -2.63. The molecule has 0 aliphatic carbocycles. The van der Waals surface area contributed by atoms with Crippen LogP contribution in [0.4, 0.5) is 0 Å². The Morgan fingerprint density at radius 1 is 1.20 bits per heavy atom. The molecule has 0 spiro atoms. The molecule has 2 N–H and O–H groups in total. The second-order valence-corrected chi connectivity index (χ2v) is 5.85. The van der Waals surface area contributed by atoms with Crippen molar-refractivity contribution < 1.29 is 4.74 Å². The van der Waals surface area contributed by atoms with Crippen molar-refractivity contribution >= 4 is 0 Å². The van der Waals surface area contributed by atoms with Gasteiger partial charge < -0.3 is 10.5 Å². The number of nitrogens with zero attached hydrogens (tertiary/aromatic N) is 2. The van der Waals surface area contributed by atoms with Gasteiger partial charge in [-0.2, -0.15) is 0 Å². The molecule has 1 aromatic rings. The minimum atomic E-state index is 0.0957. The molecule has 3 aliphatic rings. The third-order valence-electron chi connectivity index (χ3n) is 4.47. The molecule has 0 aromatic heterocycles. The van der Waals surface area contributed by atoms with Crippen LogP contribution < -0.4 is 10.5 Å². The quantitative estimate of drug-likeness (QED) is 0.884. The van der Waals surface area contributed by atoms with E-state index in [4.69, 9.17) is 10.5 Å². The molecule has 2 atom stereocenters. The van der Waals surface area contributed by atoms with Crippen molar-refractivity contribution in [3.05, 3.63) is 29.8 Å². The first kappa shape index (κ1) is 13.9. The van der Waals surface area contributed by atoms with Crippen LogP contribution in [0.2, 0.25) is 0 Å². The predicted molar refractivity (Wildman–Crippen MR) is 81.0 cm³/mol. The molecule has 3 fully saturated rings. The number of rotatable bonds is 5. The normalized spacial score (nSPS) is 30.2. The molecule has 4 nitrogen and oxygen atoms in total. The average Bonchev–Trinajstić information content (AvgIpc) is 2.54. The van der Waals surface area contributed by atoms with E-state index in [1.807, 2.05) is 12.1 Å². The summed E-state index contributed by atoms with van der Waals surface area (Å²) in [5.74, 6) is 0.942. The van der Waals surface area contributed by atoms with Crippen LogP contribution in [0, 0.1) is 0 Å². The molecular formula is C16H25N3O. The molecule has 20 heavy (non-hydrogen) atoms. The molecule has 4 heteroatoms. The summed E-state index contributed by atoms with van der Waals surface area (Å²) in [6, 6.07) is 8.88. The molecular weight excluding hydrogens is 250 g/mol. The molecule has 4 rings (SSSR count). The van der Waals surface area contributed by atoms with E-state index in [0.717, 1.165) is 38.4 Å². The van der Waals surface area contributed by atoms with Gasteiger partial charge in [0.1, 0.15) is 5.75 Å². The van der Waals surface area contributed by atoms with Gasteiger partial charge in [0.15, 0.2) is 0 Å². The van der Waals surface area contributed by atoms with Gasteiger partial charge in [-0.05, 0) is 24.1 Å². The van der Waals surface area contributed by atoms with Crippen LogP contribution in [0.15, 0.2) is 24.3 Å². The fourth-order valence-corrected chi connectivity index (χ4v) is 3.23. The topological polar surface area (TPSA) is 41.7 Å². The van der Waals surface area contributed by atoms with Gasteiger partial charge in [-0.3, -0.25) is 9.80 Å². The highest BCUT2D eigenvalue weighted by atomic mass is 16.5. The second kappa shape index (κ2) is 6.12. The van der Waals surface area contributed by atoms with Crippen molar-refractivity contribution in [3.63, 3.8) is 0 Å². The van der Waals surface area contributed by atoms with Crippen molar-refractivity contribution in [2.24, 2.45) is 5.73 Å². The van der Waals surface area contributed by atoms with Crippen molar-refractivity contribution in [2.75, 3.05) is 39.3 Å². The lowest BCUT2D eigenvalue weighted by atomic mass is 9.95. The summed E-state index contributed by atoms with van der Waals surface area (Å²) in [6.07, 6.45) is 1.04. The number of nitrogens with two attached hydrogens (primary N) is 1. The van der Waals surface area contributed by atoms with Crippen LogP contribution in [-0.4, -0.2) is 55.2 Å². The minimum Gasteiger partial charge on any atom is -0.494 e. The van der Waals surface area contributed by atoms with Crippen molar-refractivity contribution in [3.8, 4) is 5.75 Å². The number of hydrogen-bond donors (Lipinski definition) is 1. The van der Waals surface area contributed by atoms with E-state index in [0.29, 0.717) is 6.04 Å². The lowest BCUT2D eigenvalue weighted by Gasteiger charge is -2.49. The maximum atomic E-state index is 6.50. The maximum Gasteiger partial charge on any atom is 0.119 e. The van der Waals surface area contributed by atoms with Crippen LogP contribution in [-0.2, 0) is 0 Å². The number of piperazine rings is 3. The number of benzene rings is 1. The van der Waals surface area contributed by atoms with Crippen molar-refractivity contribution in [2.45, 2.75) is 25.4 Å². The van der Waals surface area contributed by atoms with E-state index in [1.165, 1.54) is 18.7 Å². The Hall–Kier alpha value is -1.10. The standard InChI is InChI=1S/C16H25N3O/c1-2-11-20-14-5-3-13(4-6-14)16(17)15-12-18-7-9-19(15)10-8-18/h3-6,15-16H,2,7-12,17H2,1H3. The Kier molecular flexibility index (Phi) is 4.24. The Balaban J connectivity index is 1.66. The highest BCUT2D eigenvalue weighted by Gasteiger charge is 2.35. The molecule has 2 unspecified atom stereocenters. The van der Waals surface area contributed by atoms with E-state index >= 15 is 0 Å². The van der Waals surface area contributed by atoms with Gasteiger partial charge in [0.2, 0.25) is 0 Å². The van der Waals surface area contributed by atoms with Gasteiger partial charge in [-0.1, -0.05) is 19.1 Å². The van der Waals surface area contributed by atoms with Gasteiger partial charge >= 0.3 is 0 Å². The zero-order valence-corrected chi connectivity index (χ0v) is 12.3. The van der Waals surface area contributed by atoms with Gasteiger partial charge in [0.25, 0.3) is 0 Å². The Morgan fingerprint density at radius 3 is 2.45 bits per heavy atom. The fourth-order valence-electron chi connectivity index (χ4n) is 3.23. The summed E-state index contributed by atoms with van der Waals surface area (Å²) in [5, 5.41) is 0. The van der Waals surface area contributed by atoms with Gasteiger partial charge in [0.05, 0.1) is 6.61 Å². The first-order valence-electron chi connectivity index (χ1n) is 7.72. The van der Waals surface area contributed by atoms with Gasteiger partial charge in [0, 0.05) is 44.8 Å². The summed E-state index contributed by atoms with van der Waals surface area (Å²) in [7, 11) is 0. The van der Waals surface area contributed by atoms with Gasteiger partial charge in [-0.15, -0.1) is 0 Å². The molecule has 3 saturated heterocycles. The molecule has 0 amide bonds. The average molecular weight is 275 g/mol. The van der Waals surface area contributed by atoms with Gasteiger partial charge in [-0.25, -0.2) is 0 Å². The van der Waals surface area contributed by atoms with Crippen LogP contribution in [0.3, 0.4) is 0 Å². The van der Waals surface area contributed by atoms with Crippen LogP contribution in [0.25, 0.3) is 0 Å². The summed E-state index contributed by atoms with van der Waals surface area (Å²) in [4.78, 5) is 5.08. The zero-order valence-electron chi connectivity index (χ0n) is 12.3. The molecule has 2 bridgehead atoms. The minimum absolute atomic E-state index is 0.0957. The SMILES string of the molecule is CCCOc1ccc(C(N)C2CN3CCN2CC3)cc1. The highest BCUT2D eigenvalue weighted by Crippen LogP contribution is 2.26. The van der Waals surface area contributed by atoms with E-state index in [2.05, 4.69) is 28.9 Å². The van der Waals surface area contributed by atoms with Crippen LogP contribution in [0.5, 0.6) is 5.75 Å². The van der Waals surface area contributed by atoms with E-state index < -0.39 is 0 Å². The van der Waals surface area contributed by atoms with E-state index in [1.54, 1.807) is 0 Å². The smallest absolute Gasteiger partial charge is 0.119 e. The van der Waals surface area contributed by atoms with E-state index in [9.17, 15) is 0 Å². The van der Waals surface area contributed by atoms with E-state index in [-0.39, 0.29) is 6.04 Å². The number of hydrogen-bond acceptors (Lipinski definition) is 4. The predicted octanol–water partition coefficient (Wildman–Crippen LogP) is 1.47. The highest BCUT2D eigenvalue weighted by molar-refractivity contribution is 5.30. The fraction of sp³-hybridized carbons (Fsp3) is 0.625. The molecule has 1 aromatic carbocycles. The summed E-state index contributed by atoms with van der Waals surface area (Å²) in [5.41, 5.74) is 7.71. The Bertz CT molecular complexity index is 426. The lowest BCUT2D eigenvalue weighted by molar-refractivity contribution is 0.00214. The van der Waals surface area contributed by atoms with Crippen LogP contribution >= 0.6 is 0 Å². The maximum absolute atomic E-state index is 6.50. The number of fused-ring (bicyclic) bond motifs is 3. The number of ether oxygens (including phenoxy) is 1.